The predicted octanol–water partition coefficient (Wildman–Crippen LogP) is 2.29. The first-order chi connectivity index (χ1) is 10.3. The molecule has 1 atom stereocenters. The summed E-state index contributed by atoms with van der Waals surface area (Å²) in [5, 5.41) is 7.60. The van der Waals surface area contributed by atoms with Gasteiger partial charge in [-0.25, -0.2) is 0 Å². The molecule has 1 amide bonds. The Morgan fingerprint density at radius 1 is 1.29 bits per heavy atom. The molecule has 1 unspecified atom stereocenters. The van der Waals surface area contributed by atoms with Crippen LogP contribution in [-0.2, 0) is 11.3 Å². The Bertz CT molecular complexity index is 599. The molecular weight excluding hydrogens is 262 g/mol. The average molecular weight is 285 g/mol. The van der Waals surface area contributed by atoms with Gasteiger partial charge in [-0.3, -0.25) is 4.79 Å². The fourth-order valence-corrected chi connectivity index (χ4v) is 3.00. The van der Waals surface area contributed by atoms with Crippen LogP contribution in [0.3, 0.4) is 0 Å². The van der Waals surface area contributed by atoms with E-state index in [9.17, 15) is 4.79 Å². The Labute approximate surface area is 125 Å². The van der Waals surface area contributed by atoms with Gasteiger partial charge in [0.1, 0.15) is 0 Å². The van der Waals surface area contributed by atoms with Crippen LogP contribution in [0.5, 0.6) is 0 Å². The van der Waals surface area contributed by atoms with E-state index in [4.69, 9.17) is 0 Å². The van der Waals surface area contributed by atoms with Crippen LogP contribution >= 0.6 is 0 Å². The summed E-state index contributed by atoms with van der Waals surface area (Å²) < 4.78 is 2.25. The van der Waals surface area contributed by atoms with Crippen LogP contribution in [-0.4, -0.2) is 29.6 Å². The molecule has 2 N–H and O–H groups in total. The monoisotopic (exact) mass is 285 g/mol. The molecule has 0 bridgehead atoms. The molecule has 0 saturated carbocycles. The quantitative estimate of drug-likeness (QED) is 0.828. The lowest BCUT2D eigenvalue weighted by Crippen LogP contribution is -2.46. The highest BCUT2D eigenvalue weighted by Crippen LogP contribution is 2.15. The molecule has 21 heavy (non-hydrogen) atoms. The average Bonchev–Trinajstić information content (AvgIpc) is 2.95. The molecule has 112 valence electrons. The molecule has 3 rings (SSSR count). The van der Waals surface area contributed by atoms with Crippen molar-refractivity contribution in [1.29, 1.82) is 0 Å². The molecule has 0 radical (unpaired) electrons. The number of aromatic nitrogens is 1. The topological polar surface area (TPSA) is 46.1 Å². The maximum atomic E-state index is 12.0. The summed E-state index contributed by atoms with van der Waals surface area (Å²) in [7, 11) is 0. The second kappa shape index (κ2) is 6.76. The van der Waals surface area contributed by atoms with Gasteiger partial charge in [0.05, 0.1) is 6.04 Å². The highest BCUT2D eigenvalue weighted by atomic mass is 16.2. The van der Waals surface area contributed by atoms with Crippen molar-refractivity contribution in [1.82, 2.24) is 15.2 Å². The number of piperidine rings is 1. The number of rotatable bonds is 5. The molecule has 1 saturated heterocycles. The molecule has 1 aliphatic heterocycles. The zero-order chi connectivity index (χ0) is 14.5. The fraction of sp³-hybridized carbons (Fsp3) is 0.471. The first-order valence-corrected chi connectivity index (χ1v) is 7.89. The van der Waals surface area contributed by atoms with E-state index in [1.807, 2.05) is 0 Å². The molecule has 1 aliphatic rings. The maximum absolute atomic E-state index is 12.0. The highest BCUT2D eigenvalue weighted by molar-refractivity contribution is 5.81. The van der Waals surface area contributed by atoms with Gasteiger partial charge in [0, 0.05) is 24.8 Å². The summed E-state index contributed by atoms with van der Waals surface area (Å²) in [6.07, 6.45) is 6.38. The largest absolute Gasteiger partial charge is 0.355 e. The molecule has 1 aromatic carbocycles. The number of amides is 1. The van der Waals surface area contributed by atoms with E-state index in [0.29, 0.717) is 0 Å². The van der Waals surface area contributed by atoms with E-state index in [1.54, 1.807) is 0 Å². The molecule has 4 nitrogen and oxygen atoms in total. The second-order valence-electron chi connectivity index (χ2n) is 5.72. The number of benzene rings is 1. The van der Waals surface area contributed by atoms with Gasteiger partial charge in [-0.1, -0.05) is 24.6 Å². The van der Waals surface area contributed by atoms with Gasteiger partial charge in [0.2, 0.25) is 5.91 Å². The van der Waals surface area contributed by atoms with E-state index < -0.39 is 0 Å². The van der Waals surface area contributed by atoms with Crippen molar-refractivity contribution in [2.45, 2.75) is 38.3 Å². The van der Waals surface area contributed by atoms with Gasteiger partial charge in [0.25, 0.3) is 0 Å². The summed E-state index contributed by atoms with van der Waals surface area (Å²) in [6, 6.07) is 10.5. The first-order valence-electron chi connectivity index (χ1n) is 7.89. The third kappa shape index (κ3) is 3.45. The molecule has 4 heteroatoms. The van der Waals surface area contributed by atoms with Gasteiger partial charge >= 0.3 is 0 Å². The standard InChI is InChI=1S/C17H23N3O/c21-17(15-7-3-4-10-18-15)19-11-5-12-20-13-9-14-6-1-2-8-16(14)20/h1-2,6,8-9,13,15,18H,3-5,7,10-12H2,(H,19,21). The van der Waals surface area contributed by atoms with Crippen molar-refractivity contribution >= 4 is 16.8 Å². The Kier molecular flexibility index (Phi) is 4.55. The molecule has 1 fully saturated rings. The van der Waals surface area contributed by atoms with Crippen LogP contribution in [0.1, 0.15) is 25.7 Å². The lowest BCUT2D eigenvalue weighted by Gasteiger charge is -2.22. The lowest BCUT2D eigenvalue weighted by molar-refractivity contribution is -0.123. The van der Waals surface area contributed by atoms with Crippen LogP contribution in [0.15, 0.2) is 36.5 Å². The number of para-hydroxylation sites is 1. The normalized spacial score (nSPS) is 18.8. The number of hydrogen-bond acceptors (Lipinski definition) is 2. The summed E-state index contributed by atoms with van der Waals surface area (Å²) >= 11 is 0. The molecule has 2 heterocycles. The van der Waals surface area contributed by atoms with Crippen molar-refractivity contribution in [2.24, 2.45) is 0 Å². The number of aryl methyl sites for hydroxylation is 1. The van der Waals surface area contributed by atoms with Gasteiger partial charge < -0.3 is 15.2 Å². The van der Waals surface area contributed by atoms with Crippen molar-refractivity contribution < 1.29 is 4.79 Å². The minimum absolute atomic E-state index is 0.0196. The van der Waals surface area contributed by atoms with E-state index in [0.717, 1.165) is 38.9 Å². The zero-order valence-electron chi connectivity index (χ0n) is 12.3. The molecule has 0 aliphatic carbocycles. The lowest BCUT2D eigenvalue weighted by atomic mass is 10.0. The number of nitrogens with one attached hydrogen (secondary N) is 2. The first kappa shape index (κ1) is 14.1. The summed E-state index contributed by atoms with van der Waals surface area (Å²) in [6.45, 7) is 2.64. The van der Waals surface area contributed by atoms with E-state index in [-0.39, 0.29) is 11.9 Å². The number of fused-ring (bicyclic) bond motifs is 1. The van der Waals surface area contributed by atoms with Gasteiger partial charge in [-0.15, -0.1) is 0 Å². The minimum Gasteiger partial charge on any atom is -0.355 e. The summed E-state index contributed by atoms with van der Waals surface area (Å²) in [4.78, 5) is 12.0. The molecular formula is C17H23N3O. The van der Waals surface area contributed by atoms with Gasteiger partial charge in [-0.05, 0) is 43.3 Å². The third-order valence-electron chi connectivity index (χ3n) is 4.18. The zero-order valence-corrected chi connectivity index (χ0v) is 12.3. The Hall–Kier alpha value is -1.81. The maximum Gasteiger partial charge on any atom is 0.237 e. The summed E-state index contributed by atoms with van der Waals surface area (Å²) in [5.41, 5.74) is 1.26. The molecule has 2 aromatic rings. The molecule has 0 spiro atoms. The van der Waals surface area contributed by atoms with Crippen molar-refractivity contribution in [3.8, 4) is 0 Å². The number of carbonyl (C=O) groups is 1. The highest BCUT2D eigenvalue weighted by Gasteiger charge is 2.19. The van der Waals surface area contributed by atoms with Crippen LogP contribution in [0.4, 0.5) is 0 Å². The van der Waals surface area contributed by atoms with E-state index in [2.05, 4.69) is 51.7 Å². The van der Waals surface area contributed by atoms with Crippen LogP contribution in [0, 0.1) is 0 Å². The Balaban J connectivity index is 1.44. The van der Waals surface area contributed by atoms with Crippen LogP contribution in [0.2, 0.25) is 0 Å². The van der Waals surface area contributed by atoms with E-state index in [1.165, 1.54) is 17.3 Å². The number of nitrogens with zero attached hydrogens (tertiary/aromatic N) is 1. The Morgan fingerprint density at radius 2 is 2.19 bits per heavy atom. The second-order valence-corrected chi connectivity index (χ2v) is 5.72. The third-order valence-corrected chi connectivity index (χ3v) is 4.18. The molecule has 1 aromatic heterocycles. The SMILES string of the molecule is O=C(NCCCn1ccc2ccccc21)C1CCCCN1. The number of hydrogen-bond donors (Lipinski definition) is 2. The summed E-state index contributed by atoms with van der Waals surface area (Å²) in [5.74, 6) is 0.159. The predicted molar refractivity (Wildman–Crippen MR) is 85.2 cm³/mol. The van der Waals surface area contributed by atoms with Crippen molar-refractivity contribution in [2.75, 3.05) is 13.1 Å². The van der Waals surface area contributed by atoms with Gasteiger partial charge in [-0.2, -0.15) is 0 Å². The minimum atomic E-state index is 0.0196. The van der Waals surface area contributed by atoms with Crippen LogP contribution in [0.25, 0.3) is 10.9 Å². The van der Waals surface area contributed by atoms with Crippen molar-refractivity contribution in [3.63, 3.8) is 0 Å². The van der Waals surface area contributed by atoms with Crippen LogP contribution < -0.4 is 10.6 Å². The number of carbonyl (C=O) groups excluding carboxylic acids is 1. The van der Waals surface area contributed by atoms with Gasteiger partial charge in [0.15, 0.2) is 0 Å². The smallest absolute Gasteiger partial charge is 0.237 e. The Morgan fingerprint density at radius 3 is 3.05 bits per heavy atom. The van der Waals surface area contributed by atoms with Crippen molar-refractivity contribution in [3.05, 3.63) is 36.5 Å². The fourth-order valence-electron chi connectivity index (χ4n) is 3.00. The van der Waals surface area contributed by atoms with E-state index >= 15 is 0 Å².